The van der Waals surface area contributed by atoms with Crippen molar-refractivity contribution in [2.75, 3.05) is 6.54 Å². The van der Waals surface area contributed by atoms with Gasteiger partial charge in [-0.3, -0.25) is 14.5 Å². The number of carbonyl (C=O) groups excluding carboxylic acids is 2. The van der Waals surface area contributed by atoms with Crippen LogP contribution in [-0.2, 0) is 11.4 Å². The predicted octanol–water partition coefficient (Wildman–Crippen LogP) is 8.17. The molecule has 2 fully saturated rings. The van der Waals surface area contributed by atoms with E-state index in [-0.39, 0.29) is 11.1 Å². The Morgan fingerprint density at radius 1 is 1.00 bits per heavy atom. The highest BCUT2D eigenvalue weighted by Gasteiger charge is 2.36. The quantitative estimate of drug-likeness (QED) is 0.298. The third kappa shape index (κ3) is 5.88. The zero-order chi connectivity index (χ0) is 22.7. The van der Waals surface area contributed by atoms with Gasteiger partial charge in [0.05, 0.1) is 13.9 Å². The fourth-order valence-corrected chi connectivity index (χ4v) is 6.54. The monoisotopic (exact) mass is 641 g/mol. The molecule has 1 aliphatic carbocycles. The fraction of sp³-hybridized carbons (Fsp3) is 0.333. The Balaban J connectivity index is 1.45. The summed E-state index contributed by atoms with van der Waals surface area (Å²) in [6.07, 6.45) is 7.61. The van der Waals surface area contributed by atoms with E-state index in [0.717, 1.165) is 49.1 Å². The summed E-state index contributed by atoms with van der Waals surface area (Å²) >= 11 is 11.6. The Morgan fingerprint density at radius 2 is 1.66 bits per heavy atom. The van der Waals surface area contributed by atoms with Crippen LogP contribution in [0.2, 0.25) is 0 Å². The number of halogens is 3. The summed E-state index contributed by atoms with van der Waals surface area (Å²) in [4.78, 5) is 27.2. The van der Waals surface area contributed by atoms with Crippen molar-refractivity contribution in [1.29, 1.82) is 0 Å². The van der Waals surface area contributed by atoms with E-state index in [4.69, 9.17) is 4.74 Å². The van der Waals surface area contributed by atoms with Crippen LogP contribution in [0.25, 0.3) is 6.08 Å². The van der Waals surface area contributed by atoms with Crippen molar-refractivity contribution in [3.05, 3.63) is 65.8 Å². The van der Waals surface area contributed by atoms with Crippen LogP contribution in [0.1, 0.15) is 43.2 Å². The molecule has 4 rings (SSSR count). The molecule has 8 heteroatoms. The van der Waals surface area contributed by atoms with Gasteiger partial charge in [0.25, 0.3) is 11.1 Å². The average Bonchev–Trinajstić information content (AvgIpc) is 3.02. The second-order valence-corrected chi connectivity index (χ2v) is 11.6. The van der Waals surface area contributed by atoms with Crippen molar-refractivity contribution in [2.24, 2.45) is 5.92 Å². The summed E-state index contributed by atoms with van der Waals surface area (Å²) in [7, 11) is 0. The molecule has 1 heterocycles. The van der Waals surface area contributed by atoms with Gasteiger partial charge < -0.3 is 4.74 Å². The Labute approximate surface area is 217 Å². The van der Waals surface area contributed by atoms with Crippen LogP contribution in [0, 0.1) is 5.92 Å². The number of benzene rings is 2. The number of nitrogens with zero attached hydrogens (tertiary/aromatic N) is 1. The number of hydrogen-bond acceptors (Lipinski definition) is 4. The first-order valence-corrected chi connectivity index (χ1v) is 13.7. The van der Waals surface area contributed by atoms with Crippen LogP contribution in [0.5, 0.6) is 5.75 Å². The van der Waals surface area contributed by atoms with Crippen LogP contribution in [-0.4, -0.2) is 22.6 Å². The summed E-state index contributed by atoms with van der Waals surface area (Å²) in [6, 6.07) is 11.8. The van der Waals surface area contributed by atoms with Gasteiger partial charge in [0.2, 0.25) is 0 Å². The highest BCUT2D eigenvalue weighted by Crippen LogP contribution is 2.39. The van der Waals surface area contributed by atoms with Crippen molar-refractivity contribution in [2.45, 2.75) is 38.7 Å². The lowest BCUT2D eigenvalue weighted by atomic mass is 9.89. The molecule has 0 radical (unpaired) electrons. The zero-order valence-corrected chi connectivity index (χ0v) is 22.9. The second-order valence-electron chi connectivity index (χ2n) is 8.03. The van der Waals surface area contributed by atoms with Gasteiger partial charge in [0.1, 0.15) is 12.4 Å². The summed E-state index contributed by atoms with van der Waals surface area (Å²) in [5, 5.41) is -0.167. The molecule has 0 spiro atoms. The summed E-state index contributed by atoms with van der Waals surface area (Å²) in [5.41, 5.74) is 1.88. The predicted molar refractivity (Wildman–Crippen MR) is 140 cm³/mol. The Bertz CT molecular complexity index is 1030. The fourth-order valence-electron chi connectivity index (χ4n) is 3.97. The number of thioether (sulfide) groups is 1. The van der Waals surface area contributed by atoms with E-state index in [1.165, 1.54) is 24.2 Å². The lowest BCUT2D eigenvalue weighted by Crippen LogP contribution is -2.34. The standard InChI is InChI=1S/C24H22Br3NO3S/c25-18-8-6-16(7-9-18)14-31-22-19(26)10-17(11-20(22)27)12-21-23(29)28(24(30)32-21)13-15-4-2-1-3-5-15/h6-12,15H,1-5,13-14H2/b21-12+. The average molecular weight is 644 g/mol. The molecule has 0 bridgehead atoms. The maximum absolute atomic E-state index is 12.9. The van der Waals surface area contributed by atoms with Gasteiger partial charge >= 0.3 is 0 Å². The minimum Gasteiger partial charge on any atom is -0.487 e. The third-order valence-corrected chi connectivity index (χ3v) is 8.27. The van der Waals surface area contributed by atoms with Crippen LogP contribution in [0.4, 0.5) is 4.79 Å². The number of amides is 2. The maximum atomic E-state index is 12.9. The largest absolute Gasteiger partial charge is 0.487 e. The van der Waals surface area contributed by atoms with Crippen LogP contribution >= 0.6 is 59.6 Å². The Kier molecular flexibility index (Phi) is 8.18. The van der Waals surface area contributed by atoms with Gasteiger partial charge in [0.15, 0.2) is 0 Å². The van der Waals surface area contributed by atoms with Crippen LogP contribution < -0.4 is 4.74 Å². The molecular formula is C24H22Br3NO3S. The van der Waals surface area contributed by atoms with Crippen molar-refractivity contribution in [1.82, 2.24) is 4.90 Å². The third-order valence-electron chi connectivity index (χ3n) is 5.65. The summed E-state index contributed by atoms with van der Waals surface area (Å²) in [5.74, 6) is 0.936. The van der Waals surface area contributed by atoms with Gasteiger partial charge in [-0.05, 0) is 104 Å². The molecule has 168 valence electrons. The molecular weight excluding hydrogens is 622 g/mol. The van der Waals surface area contributed by atoms with E-state index in [2.05, 4.69) is 47.8 Å². The molecule has 1 saturated heterocycles. The summed E-state index contributed by atoms with van der Waals surface area (Å²) in [6.45, 7) is 0.974. The minimum absolute atomic E-state index is 0.167. The van der Waals surface area contributed by atoms with Crippen molar-refractivity contribution in [3.63, 3.8) is 0 Å². The number of rotatable bonds is 6. The lowest BCUT2D eigenvalue weighted by molar-refractivity contribution is -0.123. The van der Waals surface area contributed by atoms with Gasteiger partial charge in [-0.2, -0.15) is 0 Å². The Morgan fingerprint density at radius 3 is 2.31 bits per heavy atom. The lowest BCUT2D eigenvalue weighted by Gasteiger charge is -2.25. The first kappa shape index (κ1) is 24.0. The number of imide groups is 1. The number of hydrogen-bond donors (Lipinski definition) is 0. The SMILES string of the molecule is O=C1S/C(=C/c2cc(Br)c(OCc3ccc(Br)cc3)c(Br)c2)C(=O)N1CC1CCCCC1. The molecule has 0 atom stereocenters. The van der Waals surface area contributed by atoms with Crippen LogP contribution in [0.3, 0.4) is 0 Å². The molecule has 1 saturated carbocycles. The van der Waals surface area contributed by atoms with Crippen LogP contribution in [0.15, 0.2) is 54.7 Å². The van der Waals surface area contributed by atoms with E-state index in [1.807, 2.05) is 36.4 Å². The maximum Gasteiger partial charge on any atom is 0.293 e. The van der Waals surface area contributed by atoms with E-state index < -0.39 is 0 Å². The molecule has 1 aliphatic heterocycles. The van der Waals surface area contributed by atoms with Gasteiger partial charge in [-0.15, -0.1) is 0 Å². The van der Waals surface area contributed by atoms with Crippen molar-refractivity contribution in [3.8, 4) is 5.75 Å². The number of carbonyl (C=O) groups is 2. The normalized spacial score (nSPS) is 18.6. The van der Waals surface area contributed by atoms with Crippen molar-refractivity contribution < 1.29 is 14.3 Å². The highest BCUT2D eigenvalue weighted by atomic mass is 79.9. The van der Waals surface area contributed by atoms with E-state index in [0.29, 0.717) is 29.7 Å². The van der Waals surface area contributed by atoms with E-state index in [9.17, 15) is 9.59 Å². The summed E-state index contributed by atoms with van der Waals surface area (Å²) < 4.78 is 8.57. The van der Waals surface area contributed by atoms with Gasteiger partial charge in [0, 0.05) is 11.0 Å². The number of ether oxygens (including phenoxy) is 1. The zero-order valence-electron chi connectivity index (χ0n) is 17.3. The molecule has 0 unspecified atom stereocenters. The Hall–Kier alpha value is -1.09. The molecule has 0 N–H and O–H groups in total. The first-order chi connectivity index (χ1) is 15.4. The van der Waals surface area contributed by atoms with Crippen molar-refractivity contribution >= 4 is 76.8 Å². The van der Waals surface area contributed by atoms with E-state index >= 15 is 0 Å². The second kappa shape index (κ2) is 10.9. The molecule has 2 amide bonds. The molecule has 2 aromatic carbocycles. The van der Waals surface area contributed by atoms with Gasteiger partial charge in [-0.25, -0.2) is 0 Å². The smallest absolute Gasteiger partial charge is 0.293 e. The molecule has 32 heavy (non-hydrogen) atoms. The van der Waals surface area contributed by atoms with E-state index in [1.54, 1.807) is 6.08 Å². The molecule has 2 aliphatic rings. The minimum atomic E-state index is -0.187. The highest BCUT2D eigenvalue weighted by molar-refractivity contribution is 9.11. The molecule has 4 nitrogen and oxygen atoms in total. The first-order valence-electron chi connectivity index (χ1n) is 10.5. The molecule has 0 aromatic heterocycles. The topological polar surface area (TPSA) is 46.6 Å². The molecule has 2 aromatic rings. The van der Waals surface area contributed by atoms with Gasteiger partial charge in [-0.1, -0.05) is 47.3 Å².